The summed E-state index contributed by atoms with van der Waals surface area (Å²) in [6.07, 6.45) is 0. The Morgan fingerprint density at radius 2 is 1.96 bits per heavy atom. The summed E-state index contributed by atoms with van der Waals surface area (Å²) in [6.45, 7) is 9.27. The van der Waals surface area contributed by atoms with Crippen LogP contribution in [0, 0.1) is 13.8 Å². The molecule has 0 aliphatic carbocycles. The number of aromatic nitrogens is 2. The fourth-order valence-electron chi connectivity index (χ4n) is 2.96. The van der Waals surface area contributed by atoms with E-state index >= 15 is 0 Å². The lowest BCUT2D eigenvalue weighted by atomic mass is 10.2. The van der Waals surface area contributed by atoms with Crippen LogP contribution in [-0.2, 0) is 4.79 Å². The summed E-state index contributed by atoms with van der Waals surface area (Å²) in [5.41, 5.74) is 3.02. The number of nitrogens with one attached hydrogen (secondary N) is 2. The Balaban J connectivity index is 0.00000169. The van der Waals surface area contributed by atoms with Gasteiger partial charge in [0.2, 0.25) is 5.91 Å². The fourth-order valence-corrected chi connectivity index (χ4v) is 2.96. The van der Waals surface area contributed by atoms with E-state index in [0.717, 1.165) is 31.0 Å². The predicted octanol–water partition coefficient (Wildman–Crippen LogP) is 2.56. The maximum absolute atomic E-state index is 12.5. The highest BCUT2D eigenvalue weighted by Gasteiger charge is 2.21. The molecule has 1 aromatic heterocycles. The van der Waals surface area contributed by atoms with Crippen molar-refractivity contribution in [1.29, 1.82) is 0 Å². The van der Waals surface area contributed by atoms with E-state index in [-0.39, 0.29) is 30.7 Å². The number of hydrogen-bond donors (Lipinski definition) is 2. The number of carbonyl (C=O) groups is 1. The molecule has 1 amide bonds. The number of benzene rings is 1. The van der Waals surface area contributed by atoms with Gasteiger partial charge in [0.1, 0.15) is 5.82 Å². The minimum atomic E-state index is -0.00277. The Hall–Kier alpha value is -1.60. The van der Waals surface area contributed by atoms with E-state index in [1.807, 2.05) is 37.3 Å². The van der Waals surface area contributed by atoms with Crippen LogP contribution in [0.3, 0.4) is 0 Å². The summed E-state index contributed by atoms with van der Waals surface area (Å²) in [5.74, 6) is 0.709. The molecule has 0 saturated carbocycles. The average Bonchev–Trinajstić information content (AvgIpc) is 2.90. The van der Waals surface area contributed by atoms with E-state index in [4.69, 9.17) is 0 Å². The molecular weight excluding hydrogens is 373 g/mol. The van der Waals surface area contributed by atoms with Crippen molar-refractivity contribution in [3.8, 4) is 5.69 Å². The largest absolute Gasteiger partial charge is 0.314 e. The Kier molecular flexibility index (Phi) is 8.56. The number of amides is 1. The molecule has 1 aromatic carbocycles. The standard InChI is InChI=1S/C18H25N5O.2ClH/c1-13-4-6-16(7-5-13)23-17(10-14(2)21-23)20-18(24)12-22-9-8-19-11-15(22)3;;/h4-7,10,15,19H,8-9,11-12H2,1-3H3,(H,20,24);2*1H/t15-;;/m1../s1. The number of aryl methyl sites for hydroxylation is 2. The lowest BCUT2D eigenvalue weighted by molar-refractivity contribution is -0.118. The third-order valence-corrected chi connectivity index (χ3v) is 4.36. The van der Waals surface area contributed by atoms with Crippen LogP contribution in [0.2, 0.25) is 0 Å². The van der Waals surface area contributed by atoms with Crippen molar-refractivity contribution < 1.29 is 4.79 Å². The van der Waals surface area contributed by atoms with E-state index in [0.29, 0.717) is 18.4 Å². The third-order valence-electron chi connectivity index (χ3n) is 4.36. The van der Waals surface area contributed by atoms with Crippen LogP contribution < -0.4 is 10.6 Å². The van der Waals surface area contributed by atoms with Gasteiger partial charge in [-0.15, -0.1) is 24.8 Å². The van der Waals surface area contributed by atoms with Gasteiger partial charge in [-0.25, -0.2) is 4.68 Å². The summed E-state index contributed by atoms with van der Waals surface area (Å²) in [7, 11) is 0. The topological polar surface area (TPSA) is 62.2 Å². The lowest BCUT2D eigenvalue weighted by Crippen LogP contribution is -2.52. The number of piperazine rings is 1. The summed E-state index contributed by atoms with van der Waals surface area (Å²) >= 11 is 0. The molecule has 1 aliphatic rings. The lowest BCUT2D eigenvalue weighted by Gasteiger charge is -2.33. The first-order valence-electron chi connectivity index (χ1n) is 8.41. The smallest absolute Gasteiger partial charge is 0.239 e. The zero-order valence-electron chi connectivity index (χ0n) is 15.4. The summed E-state index contributed by atoms with van der Waals surface area (Å²) in [5, 5.41) is 10.9. The Labute approximate surface area is 167 Å². The third kappa shape index (κ3) is 5.45. The highest BCUT2D eigenvalue weighted by Crippen LogP contribution is 2.18. The number of hydrogen-bond acceptors (Lipinski definition) is 4. The molecule has 3 rings (SSSR count). The predicted molar refractivity (Wildman–Crippen MR) is 110 cm³/mol. The van der Waals surface area contributed by atoms with E-state index < -0.39 is 0 Å². The van der Waals surface area contributed by atoms with Gasteiger partial charge in [-0.3, -0.25) is 9.69 Å². The minimum Gasteiger partial charge on any atom is -0.314 e. The molecule has 1 saturated heterocycles. The van der Waals surface area contributed by atoms with Gasteiger partial charge in [0.15, 0.2) is 0 Å². The van der Waals surface area contributed by atoms with Crippen LogP contribution in [0.25, 0.3) is 5.69 Å². The zero-order chi connectivity index (χ0) is 17.1. The van der Waals surface area contributed by atoms with E-state index in [2.05, 4.69) is 34.5 Å². The SMILES string of the molecule is Cc1ccc(-n2nc(C)cc2NC(=O)CN2CCNC[C@H]2C)cc1.Cl.Cl. The zero-order valence-corrected chi connectivity index (χ0v) is 17.0. The van der Waals surface area contributed by atoms with Gasteiger partial charge >= 0.3 is 0 Å². The monoisotopic (exact) mass is 399 g/mol. The Morgan fingerprint density at radius 3 is 2.62 bits per heavy atom. The number of anilines is 1. The second-order valence-electron chi connectivity index (χ2n) is 6.49. The van der Waals surface area contributed by atoms with Crippen LogP contribution in [0.15, 0.2) is 30.3 Å². The first kappa shape index (κ1) is 22.4. The highest BCUT2D eigenvalue weighted by molar-refractivity contribution is 5.91. The molecule has 2 heterocycles. The molecule has 1 fully saturated rings. The molecule has 1 aliphatic heterocycles. The molecule has 1 atom stereocenters. The van der Waals surface area contributed by atoms with Crippen LogP contribution in [0.1, 0.15) is 18.2 Å². The van der Waals surface area contributed by atoms with Gasteiger partial charge in [0.25, 0.3) is 0 Å². The van der Waals surface area contributed by atoms with Crippen molar-refractivity contribution in [2.24, 2.45) is 0 Å². The van der Waals surface area contributed by atoms with Gasteiger partial charge in [-0.05, 0) is 32.9 Å². The second-order valence-corrected chi connectivity index (χ2v) is 6.49. The second kappa shape index (κ2) is 9.92. The number of halogens is 2. The van der Waals surface area contributed by atoms with Crippen LogP contribution in [0.4, 0.5) is 5.82 Å². The molecule has 0 unspecified atom stereocenters. The fraction of sp³-hybridized carbons (Fsp3) is 0.444. The maximum Gasteiger partial charge on any atom is 0.239 e. The van der Waals surface area contributed by atoms with Gasteiger partial charge < -0.3 is 10.6 Å². The van der Waals surface area contributed by atoms with Crippen LogP contribution >= 0.6 is 24.8 Å². The van der Waals surface area contributed by atoms with Crippen molar-refractivity contribution in [2.75, 3.05) is 31.5 Å². The minimum absolute atomic E-state index is 0. The van der Waals surface area contributed by atoms with E-state index in [9.17, 15) is 4.79 Å². The van der Waals surface area contributed by atoms with Crippen molar-refractivity contribution >= 4 is 36.5 Å². The highest BCUT2D eigenvalue weighted by atomic mass is 35.5. The number of rotatable bonds is 4. The van der Waals surface area contributed by atoms with Gasteiger partial charge in [0, 0.05) is 31.7 Å². The van der Waals surface area contributed by atoms with Crippen molar-refractivity contribution in [2.45, 2.75) is 26.8 Å². The summed E-state index contributed by atoms with van der Waals surface area (Å²) < 4.78 is 1.79. The van der Waals surface area contributed by atoms with Crippen molar-refractivity contribution in [3.05, 3.63) is 41.6 Å². The van der Waals surface area contributed by atoms with E-state index in [1.54, 1.807) is 4.68 Å². The molecule has 2 aromatic rings. The van der Waals surface area contributed by atoms with Gasteiger partial charge in [0.05, 0.1) is 17.9 Å². The first-order valence-corrected chi connectivity index (χ1v) is 8.41. The molecule has 0 radical (unpaired) electrons. The maximum atomic E-state index is 12.5. The summed E-state index contributed by atoms with van der Waals surface area (Å²) in [4.78, 5) is 14.7. The summed E-state index contributed by atoms with van der Waals surface area (Å²) in [6, 6.07) is 10.4. The average molecular weight is 400 g/mol. The molecular formula is C18H27Cl2N5O. The molecule has 144 valence electrons. The molecule has 8 heteroatoms. The normalized spacial score (nSPS) is 17.1. The van der Waals surface area contributed by atoms with Crippen molar-refractivity contribution in [3.63, 3.8) is 0 Å². The Bertz CT molecular complexity index is 717. The van der Waals surface area contributed by atoms with Crippen molar-refractivity contribution in [1.82, 2.24) is 20.0 Å². The molecule has 0 bridgehead atoms. The number of nitrogens with zero attached hydrogens (tertiary/aromatic N) is 3. The quantitative estimate of drug-likeness (QED) is 0.828. The Morgan fingerprint density at radius 1 is 1.27 bits per heavy atom. The number of carbonyl (C=O) groups excluding carboxylic acids is 1. The van der Waals surface area contributed by atoms with E-state index in [1.165, 1.54) is 5.56 Å². The van der Waals surface area contributed by atoms with Crippen LogP contribution in [0.5, 0.6) is 0 Å². The molecule has 2 N–H and O–H groups in total. The van der Waals surface area contributed by atoms with Crippen LogP contribution in [-0.4, -0.2) is 52.8 Å². The molecule has 6 nitrogen and oxygen atoms in total. The van der Waals surface area contributed by atoms with Gasteiger partial charge in [-0.2, -0.15) is 5.10 Å². The van der Waals surface area contributed by atoms with Gasteiger partial charge in [-0.1, -0.05) is 17.7 Å². The molecule has 26 heavy (non-hydrogen) atoms. The molecule has 0 spiro atoms. The first-order chi connectivity index (χ1) is 11.5.